The third-order valence-corrected chi connectivity index (χ3v) is 6.78. The van der Waals surface area contributed by atoms with E-state index in [-0.39, 0.29) is 5.25 Å². The van der Waals surface area contributed by atoms with E-state index in [4.69, 9.17) is 5.73 Å². The van der Waals surface area contributed by atoms with Gasteiger partial charge in [0.2, 0.25) is 0 Å². The summed E-state index contributed by atoms with van der Waals surface area (Å²) >= 11 is 1.62. The lowest BCUT2D eigenvalue weighted by molar-refractivity contribution is -0.137. The van der Waals surface area contributed by atoms with Gasteiger partial charge in [0, 0.05) is 5.75 Å². The van der Waals surface area contributed by atoms with Gasteiger partial charge in [-0.05, 0) is 59.1 Å². The van der Waals surface area contributed by atoms with E-state index in [1.807, 2.05) is 0 Å². The van der Waals surface area contributed by atoms with Gasteiger partial charge in [-0.3, -0.25) is 4.79 Å². The van der Waals surface area contributed by atoms with Crippen LogP contribution in [0.5, 0.6) is 0 Å². The second-order valence-electron chi connectivity index (χ2n) is 7.13. The molecule has 0 heterocycles. The van der Waals surface area contributed by atoms with E-state index >= 15 is 0 Å². The normalized spacial score (nSPS) is 12.4. The minimum atomic E-state index is -0.947. The van der Waals surface area contributed by atoms with Crippen molar-refractivity contribution < 1.29 is 9.90 Å². The number of rotatable bonds is 10. The van der Waals surface area contributed by atoms with Gasteiger partial charge in [-0.25, -0.2) is 0 Å². The Morgan fingerprint density at radius 1 is 0.857 bits per heavy atom. The molecule has 3 N–H and O–H groups in total. The molecule has 4 heteroatoms. The molecule has 1 unspecified atom stereocenters. The summed E-state index contributed by atoms with van der Waals surface area (Å²) in [7, 11) is 0. The predicted molar refractivity (Wildman–Crippen MR) is 120 cm³/mol. The van der Waals surface area contributed by atoms with E-state index < -0.39 is 12.0 Å². The Hall–Kier alpha value is -1.78. The van der Waals surface area contributed by atoms with Gasteiger partial charge in [0.15, 0.2) is 0 Å². The number of benzene rings is 2. The number of hydrogen-bond donors (Lipinski definition) is 2. The van der Waals surface area contributed by atoms with Gasteiger partial charge >= 0.3 is 5.97 Å². The Morgan fingerprint density at radius 2 is 1.29 bits per heavy atom. The van der Waals surface area contributed by atoms with Gasteiger partial charge in [0.1, 0.15) is 6.04 Å². The van der Waals surface area contributed by atoms with Gasteiger partial charge in [0.05, 0.1) is 5.25 Å². The summed E-state index contributed by atoms with van der Waals surface area (Å²) in [6.07, 6.45) is 4.04. The van der Waals surface area contributed by atoms with E-state index in [2.05, 4.69) is 64.1 Å². The highest BCUT2D eigenvalue weighted by molar-refractivity contribution is 7.99. The van der Waals surface area contributed by atoms with Gasteiger partial charge in [-0.2, -0.15) is 0 Å². The SMILES string of the molecule is CCc1ccc(C(SCC(N)C(=O)O)c2ccc(CC)c(CC)c2)cc1CC. The van der Waals surface area contributed by atoms with E-state index in [1.165, 1.54) is 33.4 Å². The van der Waals surface area contributed by atoms with Gasteiger partial charge in [0.25, 0.3) is 0 Å². The van der Waals surface area contributed by atoms with Crippen LogP contribution in [0.2, 0.25) is 0 Å². The second-order valence-corrected chi connectivity index (χ2v) is 8.27. The molecule has 0 fully saturated rings. The van der Waals surface area contributed by atoms with Gasteiger partial charge in [-0.1, -0.05) is 64.1 Å². The number of aliphatic carboxylic acids is 1. The van der Waals surface area contributed by atoms with Crippen molar-refractivity contribution in [3.8, 4) is 0 Å². The maximum absolute atomic E-state index is 11.2. The number of aryl methyl sites for hydroxylation is 4. The summed E-state index contributed by atoms with van der Waals surface area (Å²) in [4.78, 5) is 11.2. The Balaban J connectivity index is 2.46. The van der Waals surface area contributed by atoms with Crippen LogP contribution < -0.4 is 5.73 Å². The molecule has 28 heavy (non-hydrogen) atoms. The number of nitrogens with two attached hydrogens (primary N) is 1. The molecular weight excluding hydrogens is 366 g/mol. The summed E-state index contributed by atoms with van der Waals surface area (Å²) in [5.74, 6) is -0.564. The van der Waals surface area contributed by atoms with Crippen LogP contribution >= 0.6 is 11.8 Å². The zero-order valence-corrected chi connectivity index (χ0v) is 18.3. The van der Waals surface area contributed by atoms with Crippen LogP contribution in [0.15, 0.2) is 36.4 Å². The lowest BCUT2D eigenvalue weighted by Crippen LogP contribution is -2.32. The first kappa shape index (κ1) is 22.5. The first-order chi connectivity index (χ1) is 13.4. The summed E-state index contributed by atoms with van der Waals surface area (Å²) in [5, 5.41) is 9.28. The molecule has 0 amide bonds. The van der Waals surface area contributed by atoms with Crippen LogP contribution in [-0.4, -0.2) is 22.9 Å². The molecular formula is C24H33NO2S. The zero-order valence-electron chi connectivity index (χ0n) is 17.5. The van der Waals surface area contributed by atoms with Crippen LogP contribution in [0.1, 0.15) is 66.3 Å². The fourth-order valence-electron chi connectivity index (χ4n) is 3.62. The zero-order chi connectivity index (χ0) is 20.7. The standard InChI is InChI=1S/C24H33NO2S/c1-5-16-9-11-20(13-18(16)7-3)23(28-15-22(25)24(26)27)21-12-10-17(6-2)19(8-4)14-21/h9-14,22-23H,5-8,15,25H2,1-4H3,(H,26,27). The van der Waals surface area contributed by atoms with Crippen molar-refractivity contribution >= 4 is 17.7 Å². The van der Waals surface area contributed by atoms with Gasteiger partial charge < -0.3 is 10.8 Å². The highest BCUT2D eigenvalue weighted by Gasteiger charge is 2.21. The molecule has 1 atom stereocenters. The first-order valence-corrected chi connectivity index (χ1v) is 11.3. The summed E-state index contributed by atoms with van der Waals surface area (Å²) in [6, 6.07) is 12.6. The Bertz CT molecular complexity index is 748. The lowest BCUT2D eigenvalue weighted by atomic mass is 9.93. The maximum Gasteiger partial charge on any atom is 0.321 e. The number of carbonyl (C=O) groups is 1. The summed E-state index contributed by atoms with van der Waals surface area (Å²) in [5.41, 5.74) is 13.8. The largest absolute Gasteiger partial charge is 0.480 e. The summed E-state index contributed by atoms with van der Waals surface area (Å²) < 4.78 is 0. The van der Waals surface area contributed by atoms with Crippen molar-refractivity contribution in [2.45, 2.75) is 64.7 Å². The molecule has 0 aromatic heterocycles. The van der Waals surface area contributed by atoms with Crippen LogP contribution in [0.4, 0.5) is 0 Å². The third-order valence-electron chi connectivity index (χ3n) is 5.35. The average molecular weight is 400 g/mol. The molecule has 0 saturated heterocycles. The third kappa shape index (κ3) is 5.39. The minimum Gasteiger partial charge on any atom is -0.480 e. The second kappa shape index (κ2) is 10.7. The molecule has 2 rings (SSSR count). The molecule has 2 aromatic carbocycles. The minimum absolute atomic E-state index is 0.0813. The Morgan fingerprint density at radius 3 is 1.64 bits per heavy atom. The molecule has 2 aromatic rings. The fraction of sp³-hybridized carbons (Fsp3) is 0.458. The molecule has 3 nitrogen and oxygen atoms in total. The Labute approximate surface area is 173 Å². The first-order valence-electron chi connectivity index (χ1n) is 10.3. The predicted octanol–water partition coefficient (Wildman–Crippen LogP) is 5.17. The molecule has 0 bridgehead atoms. The molecule has 0 aliphatic carbocycles. The number of carboxylic acid groups (broad SMARTS) is 1. The van der Waals surface area contributed by atoms with Crippen LogP contribution in [-0.2, 0) is 30.5 Å². The number of carboxylic acids is 1. The van der Waals surface area contributed by atoms with E-state index in [1.54, 1.807) is 11.8 Å². The topological polar surface area (TPSA) is 63.3 Å². The van der Waals surface area contributed by atoms with Crippen molar-refractivity contribution in [2.75, 3.05) is 5.75 Å². The summed E-state index contributed by atoms with van der Waals surface area (Å²) in [6.45, 7) is 8.74. The van der Waals surface area contributed by atoms with Crippen molar-refractivity contribution in [1.29, 1.82) is 0 Å². The highest BCUT2D eigenvalue weighted by Crippen LogP contribution is 2.38. The molecule has 0 spiro atoms. The fourth-order valence-corrected chi connectivity index (χ4v) is 4.84. The van der Waals surface area contributed by atoms with E-state index in [9.17, 15) is 9.90 Å². The van der Waals surface area contributed by atoms with Crippen LogP contribution in [0.3, 0.4) is 0 Å². The van der Waals surface area contributed by atoms with Crippen molar-refractivity contribution in [1.82, 2.24) is 0 Å². The monoisotopic (exact) mass is 399 g/mol. The van der Waals surface area contributed by atoms with Crippen LogP contribution in [0, 0.1) is 0 Å². The molecule has 0 saturated carbocycles. The maximum atomic E-state index is 11.2. The van der Waals surface area contributed by atoms with Gasteiger partial charge in [-0.15, -0.1) is 11.8 Å². The van der Waals surface area contributed by atoms with Crippen LogP contribution in [0.25, 0.3) is 0 Å². The van der Waals surface area contributed by atoms with E-state index in [0.717, 1.165) is 25.7 Å². The lowest BCUT2D eigenvalue weighted by Gasteiger charge is -2.22. The Kier molecular flexibility index (Phi) is 8.58. The van der Waals surface area contributed by atoms with Crippen molar-refractivity contribution in [3.63, 3.8) is 0 Å². The van der Waals surface area contributed by atoms with E-state index in [0.29, 0.717) is 5.75 Å². The quantitative estimate of drug-likeness (QED) is 0.578. The van der Waals surface area contributed by atoms with Crippen molar-refractivity contribution in [3.05, 3.63) is 69.8 Å². The number of hydrogen-bond acceptors (Lipinski definition) is 3. The molecule has 0 radical (unpaired) electrons. The molecule has 152 valence electrons. The smallest absolute Gasteiger partial charge is 0.321 e. The average Bonchev–Trinajstić information content (AvgIpc) is 2.72. The van der Waals surface area contributed by atoms with Crippen molar-refractivity contribution in [2.24, 2.45) is 5.73 Å². The number of thioether (sulfide) groups is 1. The molecule has 0 aliphatic heterocycles. The highest BCUT2D eigenvalue weighted by atomic mass is 32.2. The molecule has 0 aliphatic rings.